The first-order valence-electron chi connectivity index (χ1n) is 11.3. The van der Waals surface area contributed by atoms with E-state index in [9.17, 15) is 13.2 Å². The Balaban J connectivity index is 1.58. The van der Waals surface area contributed by atoms with E-state index in [2.05, 4.69) is 32.6 Å². The molecule has 0 bridgehead atoms. The molecule has 6 nitrogen and oxygen atoms in total. The lowest BCUT2D eigenvalue weighted by Crippen LogP contribution is -2.51. The van der Waals surface area contributed by atoms with Gasteiger partial charge in [-0.3, -0.25) is 4.90 Å². The van der Waals surface area contributed by atoms with Gasteiger partial charge in [-0.15, -0.1) is 0 Å². The van der Waals surface area contributed by atoms with Crippen LogP contribution in [0.3, 0.4) is 0 Å². The average molecular weight is 470 g/mol. The van der Waals surface area contributed by atoms with Gasteiger partial charge in [-0.1, -0.05) is 56.8 Å². The van der Waals surface area contributed by atoms with Gasteiger partial charge >= 0.3 is 6.09 Å². The molecule has 2 aliphatic heterocycles. The Morgan fingerprint density at radius 3 is 2.67 bits per heavy atom. The first-order chi connectivity index (χ1) is 15.7. The number of nitrogens with zero attached hydrogens (tertiary/aromatic N) is 1. The first kappa shape index (κ1) is 23.4. The second-order valence-electron chi connectivity index (χ2n) is 9.26. The number of benzene rings is 2. The van der Waals surface area contributed by atoms with Gasteiger partial charge in [0.05, 0.1) is 24.7 Å². The lowest BCUT2D eigenvalue weighted by atomic mass is 9.90. The molecule has 3 atom stereocenters. The lowest BCUT2D eigenvalue weighted by molar-refractivity contribution is 0.0970. The average Bonchev–Trinajstić information content (AvgIpc) is 3.08. The van der Waals surface area contributed by atoms with Gasteiger partial charge in [0.25, 0.3) is 0 Å². The van der Waals surface area contributed by atoms with Gasteiger partial charge in [0.15, 0.2) is 9.84 Å². The van der Waals surface area contributed by atoms with Crippen LogP contribution in [0.4, 0.5) is 4.79 Å². The van der Waals surface area contributed by atoms with Gasteiger partial charge in [-0.05, 0) is 41.2 Å². The zero-order valence-corrected chi connectivity index (χ0v) is 20.2. The highest BCUT2D eigenvalue weighted by molar-refractivity contribution is 7.91. The van der Waals surface area contributed by atoms with Crippen molar-refractivity contribution in [3.05, 3.63) is 71.3 Å². The maximum Gasteiger partial charge on any atom is 0.410 e. The highest BCUT2D eigenvalue weighted by atomic mass is 32.2. The monoisotopic (exact) mass is 469 g/mol. The van der Waals surface area contributed by atoms with Crippen molar-refractivity contribution in [1.82, 2.24) is 4.90 Å². The zero-order valence-electron chi connectivity index (χ0n) is 19.4. The summed E-state index contributed by atoms with van der Waals surface area (Å²) in [6.07, 6.45) is 1.31. The second kappa shape index (κ2) is 9.21. The number of carbonyl (C=O) groups excluding carboxylic acids is 1. The Morgan fingerprint density at radius 1 is 1.18 bits per heavy atom. The van der Waals surface area contributed by atoms with E-state index in [1.54, 1.807) is 18.1 Å². The third kappa shape index (κ3) is 4.93. The van der Waals surface area contributed by atoms with Crippen molar-refractivity contribution in [2.45, 2.75) is 44.9 Å². The van der Waals surface area contributed by atoms with Crippen LogP contribution in [-0.4, -0.2) is 50.2 Å². The van der Waals surface area contributed by atoms with Crippen molar-refractivity contribution in [2.24, 2.45) is 5.92 Å². The molecule has 0 aliphatic carbocycles. The summed E-state index contributed by atoms with van der Waals surface area (Å²) in [5.74, 6) is 0.714. The molecule has 2 aromatic carbocycles. The van der Waals surface area contributed by atoms with E-state index in [0.717, 1.165) is 16.7 Å². The number of ether oxygens (including phenoxy) is 2. The maximum atomic E-state index is 12.8. The molecule has 7 heteroatoms. The van der Waals surface area contributed by atoms with Crippen molar-refractivity contribution in [2.75, 3.05) is 18.6 Å². The molecule has 2 aliphatic rings. The fourth-order valence-corrected chi connectivity index (χ4v) is 6.88. The summed E-state index contributed by atoms with van der Waals surface area (Å²) in [5, 5.41) is 0. The molecule has 0 spiro atoms. The van der Waals surface area contributed by atoms with Crippen molar-refractivity contribution >= 4 is 22.0 Å². The Labute approximate surface area is 196 Å². The van der Waals surface area contributed by atoms with Crippen molar-refractivity contribution in [3.63, 3.8) is 0 Å². The van der Waals surface area contributed by atoms with E-state index in [1.807, 2.05) is 30.3 Å². The Morgan fingerprint density at radius 2 is 1.97 bits per heavy atom. The Hall–Kier alpha value is -2.80. The SMILES string of the molecule is C=Cc1cc(C[C@@H]2CS(=O)(=O)C[C@H]3[C@H]2OC(=O)N3Cc2cccc(C(C)C)c2)ccc1OC. The molecule has 33 heavy (non-hydrogen) atoms. The van der Waals surface area contributed by atoms with Crippen molar-refractivity contribution in [1.29, 1.82) is 0 Å². The van der Waals surface area contributed by atoms with Crippen LogP contribution in [0.25, 0.3) is 6.08 Å². The zero-order chi connectivity index (χ0) is 23.8. The van der Waals surface area contributed by atoms with Crippen LogP contribution in [0.5, 0.6) is 5.75 Å². The standard InChI is InChI=1S/C26H31NO5S/c1-5-20-11-18(9-10-24(20)31-4)12-22-15-33(29,30)16-23-25(22)32-26(28)27(23)14-19-7-6-8-21(13-19)17(2)3/h5-11,13,17,22-23,25H,1,12,14-16H2,2-4H3/t22-,23+,25+/m1/s1. The summed E-state index contributed by atoms with van der Waals surface area (Å²) < 4.78 is 36.8. The van der Waals surface area contributed by atoms with E-state index in [4.69, 9.17) is 9.47 Å². The molecule has 2 saturated heterocycles. The second-order valence-corrected chi connectivity index (χ2v) is 11.4. The summed E-state index contributed by atoms with van der Waals surface area (Å²) in [6.45, 7) is 8.41. The molecular weight excluding hydrogens is 438 g/mol. The number of carbonyl (C=O) groups is 1. The summed E-state index contributed by atoms with van der Waals surface area (Å²) in [5.41, 5.74) is 3.97. The van der Waals surface area contributed by atoms with Crippen LogP contribution in [0.1, 0.15) is 42.0 Å². The van der Waals surface area contributed by atoms with Crippen molar-refractivity contribution in [3.8, 4) is 5.75 Å². The number of amides is 1. The molecule has 2 heterocycles. The smallest absolute Gasteiger partial charge is 0.410 e. The molecule has 1 amide bonds. The summed E-state index contributed by atoms with van der Waals surface area (Å²) >= 11 is 0. The van der Waals surface area contributed by atoms with Crippen molar-refractivity contribution < 1.29 is 22.7 Å². The molecule has 176 valence electrons. The summed E-state index contributed by atoms with van der Waals surface area (Å²) in [6, 6.07) is 13.3. The highest BCUT2D eigenvalue weighted by Gasteiger charge is 2.51. The highest BCUT2D eigenvalue weighted by Crippen LogP contribution is 2.35. The predicted octanol–water partition coefficient (Wildman–Crippen LogP) is 4.44. The van der Waals surface area contributed by atoms with Crippen LogP contribution in [0.15, 0.2) is 49.0 Å². The van der Waals surface area contributed by atoms with Crippen LogP contribution in [0.2, 0.25) is 0 Å². The molecule has 0 aromatic heterocycles. The fourth-order valence-electron chi connectivity index (χ4n) is 4.90. The largest absolute Gasteiger partial charge is 0.496 e. The van der Waals surface area contributed by atoms with Gasteiger partial charge in [0.1, 0.15) is 11.9 Å². The van der Waals surface area contributed by atoms with Crippen LogP contribution in [0, 0.1) is 5.92 Å². The molecule has 4 rings (SSSR count). The Bertz CT molecular complexity index is 1160. The van der Waals surface area contributed by atoms with Gasteiger partial charge in [0.2, 0.25) is 0 Å². The molecule has 0 unspecified atom stereocenters. The lowest BCUT2D eigenvalue weighted by Gasteiger charge is -2.34. The fraction of sp³-hybridized carbons (Fsp3) is 0.423. The molecular formula is C26H31NO5S. The van der Waals surface area contributed by atoms with Crippen LogP contribution >= 0.6 is 0 Å². The van der Waals surface area contributed by atoms with Crippen LogP contribution in [-0.2, 0) is 27.5 Å². The summed E-state index contributed by atoms with van der Waals surface area (Å²) in [4.78, 5) is 14.4. The minimum absolute atomic E-state index is 0.00751. The minimum Gasteiger partial charge on any atom is -0.496 e. The molecule has 0 radical (unpaired) electrons. The molecule has 2 fully saturated rings. The third-order valence-electron chi connectivity index (χ3n) is 6.59. The van der Waals surface area contributed by atoms with Gasteiger partial charge in [-0.25, -0.2) is 13.2 Å². The first-order valence-corrected chi connectivity index (χ1v) is 13.1. The van der Waals surface area contributed by atoms with Gasteiger partial charge in [0, 0.05) is 18.0 Å². The molecule has 0 saturated carbocycles. The van der Waals surface area contributed by atoms with E-state index in [0.29, 0.717) is 24.6 Å². The number of rotatable bonds is 7. The van der Waals surface area contributed by atoms with E-state index in [1.165, 1.54) is 5.56 Å². The topological polar surface area (TPSA) is 72.9 Å². The number of sulfone groups is 1. The van der Waals surface area contributed by atoms with E-state index < -0.39 is 28.1 Å². The van der Waals surface area contributed by atoms with Gasteiger partial charge in [-0.2, -0.15) is 0 Å². The molecule has 2 aromatic rings. The predicted molar refractivity (Wildman–Crippen MR) is 129 cm³/mol. The normalized spacial score (nSPS) is 23.8. The van der Waals surface area contributed by atoms with Crippen LogP contribution < -0.4 is 4.74 Å². The number of fused-ring (bicyclic) bond motifs is 1. The number of hydrogen-bond acceptors (Lipinski definition) is 5. The Kier molecular flexibility index (Phi) is 6.52. The minimum atomic E-state index is -3.32. The third-order valence-corrected chi connectivity index (χ3v) is 8.38. The quantitative estimate of drug-likeness (QED) is 0.600. The number of methoxy groups -OCH3 is 1. The maximum absolute atomic E-state index is 12.8. The van der Waals surface area contributed by atoms with Gasteiger partial charge < -0.3 is 9.47 Å². The van der Waals surface area contributed by atoms with E-state index in [-0.39, 0.29) is 17.4 Å². The summed E-state index contributed by atoms with van der Waals surface area (Å²) in [7, 11) is -1.72. The number of hydrogen-bond donors (Lipinski definition) is 0. The van der Waals surface area contributed by atoms with E-state index >= 15 is 0 Å². The molecule has 0 N–H and O–H groups in total.